The van der Waals surface area contributed by atoms with Gasteiger partial charge in [0.25, 0.3) is 0 Å². The predicted molar refractivity (Wildman–Crippen MR) is 64.5 cm³/mol. The molecule has 0 atom stereocenters. The standard InChI is InChI=1S/C13H15FN2O2/c14-9-1-4-12-11(7-9)15-13(18-12)8-16(5-6-17)10-2-3-10/h1,4,7,10,17H,2-3,5-6,8H2. The van der Waals surface area contributed by atoms with E-state index < -0.39 is 0 Å². The molecule has 0 bridgehead atoms. The summed E-state index contributed by atoms with van der Waals surface area (Å²) in [6.45, 7) is 1.32. The molecule has 0 saturated heterocycles. The highest BCUT2D eigenvalue weighted by atomic mass is 19.1. The number of oxazole rings is 1. The Kier molecular flexibility index (Phi) is 3.01. The molecule has 1 heterocycles. The van der Waals surface area contributed by atoms with Crippen LogP contribution in [0.4, 0.5) is 4.39 Å². The summed E-state index contributed by atoms with van der Waals surface area (Å²) in [4.78, 5) is 6.43. The van der Waals surface area contributed by atoms with Gasteiger partial charge in [0, 0.05) is 18.7 Å². The summed E-state index contributed by atoms with van der Waals surface area (Å²) in [5.74, 6) is 0.271. The highest BCUT2D eigenvalue weighted by molar-refractivity contribution is 5.72. The van der Waals surface area contributed by atoms with E-state index in [1.165, 1.54) is 12.1 Å². The van der Waals surface area contributed by atoms with Gasteiger partial charge in [-0.25, -0.2) is 9.37 Å². The summed E-state index contributed by atoms with van der Waals surface area (Å²) in [5.41, 5.74) is 1.15. The Labute approximate surface area is 104 Å². The number of aliphatic hydroxyl groups is 1. The predicted octanol–water partition coefficient (Wildman–Crippen LogP) is 1.92. The van der Waals surface area contributed by atoms with Crippen LogP contribution in [0.25, 0.3) is 11.1 Å². The average molecular weight is 250 g/mol. The van der Waals surface area contributed by atoms with Crippen molar-refractivity contribution in [1.82, 2.24) is 9.88 Å². The van der Waals surface area contributed by atoms with Crippen LogP contribution in [0.2, 0.25) is 0 Å². The Morgan fingerprint density at radius 3 is 3.00 bits per heavy atom. The van der Waals surface area contributed by atoms with E-state index in [0.717, 1.165) is 12.8 Å². The van der Waals surface area contributed by atoms with Gasteiger partial charge in [0.05, 0.1) is 13.2 Å². The van der Waals surface area contributed by atoms with Crippen LogP contribution < -0.4 is 0 Å². The van der Waals surface area contributed by atoms with E-state index in [4.69, 9.17) is 9.52 Å². The van der Waals surface area contributed by atoms with Crippen molar-refractivity contribution in [2.75, 3.05) is 13.2 Å². The molecular weight excluding hydrogens is 235 g/mol. The van der Waals surface area contributed by atoms with Gasteiger partial charge in [0.2, 0.25) is 5.89 Å². The van der Waals surface area contributed by atoms with Crippen molar-refractivity contribution < 1.29 is 13.9 Å². The van der Waals surface area contributed by atoms with Crippen LogP contribution in [-0.2, 0) is 6.54 Å². The summed E-state index contributed by atoms with van der Waals surface area (Å²) < 4.78 is 18.6. The van der Waals surface area contributed by atoms with E-state index in [1.807, 2.05) is 0 Å². The molecule has 1 aliphatic carbocycles. The minimum atomic E-state index is -0.309. The van der Waals surface area contributed by atoms with Gasteiger partial charge in [-0.05, 0) is 25.0 Å². The molecule has 18 heavy (non-hydrogen) atoms. The SMILES string of the molecule is OCCN(Cc1nc2cc(F)ccc2o1)C1CC1. The molecule has 0 spiro atoms. The summed E-state index contributed by atoms with van der Waals surface area (Å²) in [5, 5.41) is 9.03. The van der Waals surface area contributed by atoms with Crippen LogP contribution in [0.5, 0.6) is 0 Å². The maximum absolute atomic E-state index is 13.0. The fraction of sp³-hybridized carbons (Fsp3) is 0.462. The van der Waals surface area contributed by atoms with Crippen LogP contribution in [0.3, 0.4) is 0 Å². The lowest BCUT2D eigenvalue weighted by Gasteiger charge is -2.18. The van der Waals surface area contributed by atoms with E-state index in [9.17, 15) is 4.39 Å². The van der Waals surface area contributed by atoms with Gasteiger partial charge in [-0.2, -0.15) is 0 Å². The zero-order valence-electron chi connectivity index (χ0n) is 9.97. The first kappa shape index (κ1) is 11.6. The van der Waals surface area contributed by atoms with E-state index in [0.29, 0.717) is 36.1 Å². The van der Waals surface area contributed by atoms with Gasteiger partial charge in [-0.3, -0.25) is 4.90 Å². The monoisotopic (exact) mass is 250 g/mol. The summed E-state index contributed by atoms with van der Waals surface area (Å²) in [6, 6.07) is 4.86. The minimum absolute atomic E-state index is 0.130. The zero-order chi connectivity index (χ0) is 12.5. The third-order valence-corrected chi connectivity index (χ3v) is 3.18. The lowest BCUT2D eigenvalue weighted by atomic mass is 10.3. The lowest BCUT2D eigenvalue weighted by Crippen LogP contribution is -2.28. The van der Waals surface area contributed by atoms with E-state index in [2.05, 4.69) is 9.88 Å². The summed E-state index contributed by atoms with van der Waals surface area (Å²) >= 11 is 0. The quantitative estimate of drug-likeness (QED) is 0.880. The van der Waals surface area contributed by atoms with Crippen molar-refractivity contribution in [2.45, 2.75) is 25.4 Å². The molecule has 0 radical (unpaired) electrons. The molecule has 2 aromatic rings. The Morgan fingerprint density at radius 1 is 1.44 bits per heavy atom. The molecule has 0 aliphatic heterocycles. The van der Waals surface area contributed by atoms with Gasteiger partial charge in [0.1, 0.15) is 11.3 Å². The number of hydrogen-bond acceptors (Lipinski definition) is 4. The zero-order valence-corrected chi connectivity index (χ0v) is 9.97. The number of hydrogen-bond donors (Lipinski definition) is 1. The van der Waals surface area contributed by atoms with Crippen molar-refractivity contribution in [2.24, 2.45) is 0 Å². The molecule has 1 N–H and O–H groups in total. The van der Waals surface area contributed by atoms with Gasteiger partial charge in [-0.15, -0.1) is 0 Å². The summed E-state index contributed by atoms with van der Waals surface area (Å²) in [6.07, 6.45) is 2.32. The normalized spacial score (nSPS) is 15.7. The number of aliphatic hydroxyl groups excluding tert-OH is 1. The fourth-order valence-electron chi connectivity index (χ4n) is 2.15. The Balaban J connectivity index is 1.80. The van der Waals surface area contributed by atoms with E-state index in [1.54, 1.807) is 6.07 Å². The van der Waals surface area contributed by atoms with Crippen LogP contribution in [-0.4, -0.2) is 34.2 Å². The maximum atomic E-state index is 13.0. The fourth-order valence-corrected chi connectivity index (χ4v) is 2.15. The first-order valence-electron chi connectivity index (χ1n) is 6.16. The number of benzene rings is 1. The number of nitrogens with zero attached hydrogens (tertiary/aromatic N) is 2. The van der Waals surface area contributed by atoms with Crippen LogP contribution in [0, 0.1) is 5.82 Å². The van der Waals surface area contributed by atoms with Crippen molar-refractivity contribution in [3.8, 4) is 0 Å². The average Bonchev–Trinajstić information content (AvgIpc) is 3.10. The van der Waals surface area contributed by atoms with Gasteiger partial charge >= 0.3 is 0 Å². The van der Waals surface area contributed by atoms with Crippen molar-refractivity contribution >= 4 is 11.1 Å². The first-order valence-corrected chi connectivity index (χ1v) is 6.16. The molecule has 1 aliphatic rings. The van der Waals surface area contributed by atoms with Crippen molar-refractivity contribution in [3.05, 3.63) is 29.9 Å². The van der Waals surface area contributed by atoms with Crippen molar-refractivity contribution in [3.63, 3.8) is 0 Å². The smallest absolute Gasteiger partial charge is 0.209 e. The number of aromatic nitrogens is 1. The number of halogens is 1. The molecule has 0 amide bonds. The molecule has 1 aromatic carbocycles. The minimum Gasteiger partial charge on any atom is -0.439 e. The molecule has 1 fully saturated rings. The third kappa shape index (κ3) is 2.37. The second-order valence-electron chi connectivity index (χ2n) is 4.64. The highest BCUT2D eigenvalue weighted by Crippen LogP contribution is 2.28. The molecule has 5 heteroatoms. The molecular formula is C13H15FN2O2. The number of fused-ring (bicyclic) bond motifs is 1. The molecule has 0 unspecified atom stereocenters. The third-order valence-electron chi connectivity index (χ3n) is 3.18. The Bertz CT molecular complexity index is 551. The molecule has 4 nitrogen and oxygen atoms in total. The topological polar surface area (TPSA) is 49.5 Å². The van der Waals surface area contributed by atoms with E-state index >= 15 is 0 Å². The Hall–Kier alpha value is -1.46. The van der Waals surface area contributed by atoms with Crippen molar-refractivity contribution in [1.29, 1.82) is 0 Å². The molecule has 1 aromatic heterocycles. The van der Waals surface area contributed by atoms with Gasteiger partial charge < -0.3 is 9.52 Å². The second-order valence-corrected chi connectivity index (χ2v) is 4.64. The molecule has 96 valence electrons. The van der Waals surface area contributed by atoms with Crippen LogP contribution in [0.1, 0.15) is 18.7 Å². The Morgan fingerprint density at radius 2 is 2.28 bits per heavy atom. The lowest BCUT2D eigenvalue weighted by molar-refractivity contribution is 0.172. The highest BCUT2D eigenvalue weighted by Gasteiger charge is 2.29. The maximum Gasteiger partial charge on any atom is 0.209 e. The van der Waals surface area contributed by atoms with Gasteiger partial charge in [-0.1, -0.05) is 0 Å². The molecule has 1 saturated carbocycles. The molecule has 3 rings (SSSR count). The van der Waals surface area contributed by atoms with Crippen LogP contribution >= 0.6 is 0 Å². The van der Waals surface area contributed by atoms with Gasteiger partial charge in [0.15, 0.2) is 5.58 Å². The largest absolute Gasteiger partial charge is 0.439 e. The van der Waals surface area contributed by atoms with E-state index in [-0.39, 0.29) is 12.4 Å². The summed E-state index contributed by atoms with van der Waals surface area (Å²) in [7, 11) is 0. The second kappa shape index (κ2) is 4.66. The first-order chi connectivity index (χ1) is 8.76. The number of rotatable bonds is 5. The van der Waals surface area contributed by atoms with Crippen LogP contribution in [0.15, 0.2) is 22.6 Å².